The molecular formula is C20H18N6. The molecule has 4 rings (SSSR count). The molecule has 6 heteroatoms. The van der Waals surface area contributed by atoms with E-state index < -0.39 is 0 Å². The van der Waals surface area contributed by atoms with E-state index in [0.29, 0.717) is 18.3 Å². The Morgan fingerprint density at radius 1 is 0.962 bits per heavy atom. The summed E-state index contributed by atoms with van der Waals surface area (Å²) in [4.78, 5) is 11.0. The molecule has 2 aromatic heterocycles. The highest BCUT2D eigenvalue weighted by Crippen LogP contribution is 2.24. The van der Waals surface area contributed by atoms with Crippen LogP contribution in [0.4, 0.5) is 17.5 Å². The maximum atomic E-state index is 4.58. The SMILES string of the molecule is CN(Cc1ccccc1)c1nncc(Nc2cccc3cccnc23)n1. The lowest BCUT2D eigenvalue weighted by atomic mass is 10.2. The van der Waals surface area contributed by atoms with E-state index >= 15 is 0 Å². The lowest BCUT2D eigenvalue weighted by Gasteiger charge is -2.17. The molecule has 26 heavy (non-hydrogen) atoms. The van der Waals surface area contributed by atoms with Gasteiger partial charge in [-0.15, -0.1) is 5.10 Å². The van der Waals surface area contributed by atoms with Crippen molar-refractivity contribution >= 4 is 28.4 Å². The molecule has 0 saturated carbocycles. The Kier molecular flexibility index (Phi) is 4.38. The zero-order chi connectivity index (χ0) is 17.8. The van der Waals surface area contributed by atoms with Crippen molar-refractivity contribution in [2.45, 2.75) is 6.54 Å². The standard InChI is InChI=1S/C20H18N6/c1-26(14-15-7-3-2-4-8-15)20-24-18(13-22-25-20)23-17-11-5-9-16-10-6-12-21-19(16)17/h2-13H,14H2,1H3,(H,23,24,25). The third-order valence-corrected chi connectivity index (χ3v) is 4.05. The van der Waals surface area contributed by atoms with Crippen molar-refractivity contribution in [1.82, 2.24) is 20.2 Å². The molecule has 0 aliphatic carbocycles. The molecule has 0 radical (unpaired) electrons. The van der Waals surface area contributed by atoms with Gasteiger partial charge in [0.05, 0.1) is 17.4 Å². The van der Waals surface area contributed by atoms with E-state index in [1.54, 1.807) is 12.4 Å². The highest BCUT2D eigenvalue weighted by Gasteiger charge is 2.09. The van der Waals surface area contributed by atoms with Crippen molar-refractivity contribution in [1.29, 1.82) is 0 Å². The predicted octanol–water partition coefficient (Wildman–Crippen LogP) is 3.80. The van der Waals surface area contributed by atoms with Crippen molar-refractivity contribution in [2.24, 2.45) is 0 Å². The summed E-state index contributed by atoms with van der Waals surface area (Å²) >= 11 is 0. The quantitative estimate of drug-likeness (QED) is 0.595. The van der Waals surface area contributed by atoms with Crippen molar-refractivity contribution in [3.8, 4) is 0 Å². The smallest absolute Gasteiger partial charge is 0.247 e. The van der Waals surface area contributed by atoms with Crippen LogP contribution in [0.2, 0.25) is 0 Å². The van der Waals surface area contributed by atoms with E-state index in [9.17, 15) is 0 Å². The average molecular weight is 342 g/mol. The van der Waals surface area contributed by atoms with Crippen LogP contribution < -0.4 is 10.2 Å². The highest BCUT2D eigenvalue weighted by molar-refractivity contribution is 5.91. The van der Waals surface area contributed by atoms with E-state index in [1.165, 1.54) is 5.56 Å². The highest BCUT2D eigenvalue weighted by atomic mass is 15.3. The first-order valence-electron chi connectivity index (χ1n) is 8.35. The molecular weight excluding hydrogens is 324 g/mol. The minimum absolute atomic E-state index is 0.562. The second kappa shape index (κ2) is 7.14. The van der Waals surface area contributed by atoms with E-state index in [0.717, 1.165) is 16.6 Å². The first kappa shape index (κ1) is 16.0. The van der Waals surface area contributed by atoms with E-state index in [-0.39, 0.29) is 0 Å². The zero-order valence-corrected chi connectivity index (χ0v) is 14.4. The molecule has 0 fully saturated rings. The molecule has 0 aliphatic heterocycles. The molecule has 0 aliphatic rings. The molecule has 4 aromatic rings. The minimum atomic E-state index is 0.562. The van der Waals surface area contributed by atoms with Gasteiger partial charge in [0.15, 0.2) is 5.82 Å². The van der Waals surface area contributed by atoms with Gasteiger partial charge in [-0.2, -0.15) is 10.1 Å². The number of nitrogens with one attached hydrogen (secondary N) is 1. The number of pyridine rings is 1. The Balaban J connectivity index is 1.57. The molecule has 0 spiro atoms. The summed E-state index contributed by atoms with van der Waals surface area (Å²) < 4.78 is 0. The van der Waals surface area contributed by atoms with Crippen LogP contribution in [0.5, 0.6) is 0 Å². The molecule has 6 nitrogen and oxygen atoms in total. The van der Waals surface area contributed by atoms with Gasteiger partial charge >= 0.3 is 0 Å². The van der Waals surface area contributed by atoms with Crippen molar-refractivity contribution in [3.05, 3.63) is 78.6 Å². The first-order chi connectivity index (χ1) is 12.8. The summed E-state index contributed by atoms with van der Waals surface area (Å²) in [6.07, 6.45) is 3.40. The molecule has 2 heterocycles. The Morgan fingerprint density at radius 2 is 1.81 bits per heavy atom. The van der Waals surface area contributed by atoms with Crippen LogP contribution in [0.1, 0.15) is 5.56 Å². The number of rotatable bonds is 5. The molecule has 0 bridgehead atoms. The Morgan fingerprint density at radius 3 is 2.69 bits per heavy atom. The fourth-order valence-corrected chi connectivity index (χ4v) is 2.79. The van der Waals surface area contributed by atoms with Crippen molar-refractivity contribution in [3.63, 3.8) is 0 Å². The van der Waals surface area contributed by atoms with Crippen LogP contribution in [-0.2, 0) is 6.54 Å². The van der Waals surface area contributed by atoms with Gasteiger partial charge in [0.1, 0.15) is 0 Å². The largest absolute Gasteiger partial charge is 0.338 e. The Hall–Kier alpha value is -3.54. The summed E-state index contributed by atoms with van der Waals surface area (Å²) in [6, 6.07) is 20.2. The molecule has 1 N–H and O–H groups in total. The monoisotopic (exact) mass is 342 g/mol. The topological polar surface area (TPSA) is 66.8 Å². The Bertz CT molecular complexity index is 1010. The third-order valence-electron chi connectivity index (χ3n) is 4.05. The predicted molar refractivity (Wildman–Crippen MR) is 103 cm³/mol. The number of benzene rings is 2. The van der Waals surface area contributed by atoms with Crippen molar-refractivity contribution in [2.75, 3.05) is 17.3 Å². The van der Waals surface area contributed by atoms with Crippen LogP contribution >= 0.6 is 0 Å². The van der Waals surface area contributed by atoms with Crippen molar-refractivity contribution < 1.29 is 0 Å². The van der Waals surface area contributed by atoms with Gasteiger partial charge in [0, 0.05) is 25.2 Å². The Labute approximate surface area is 151 Å². The van der Waals surface area contributed by atoms with Crippen LogP contribution in [0.15, 0.2) is 73.1 Å². The third kappa shape index (κ3) is 3.44. The van der Waals surface area contributed by atoms with Gasteiger partial charge in [0.2, 0.25) is 5.95 Å². The maximum absolute atomic E-state index is 4.58. The summed E-state index contributed by atoms with van der Waals surface area (Å²) in [5.41, 5.74) is 2.98. The number of hydrogen-bond acceptors (Lipinski definition) is 6. The van der Waals surface area contributed by atoms with Crippen LogP contribution in [0.25, 0.3) is 10.9 Å². The van der Waals surface area contributed by atoms with Crippen LogP contribution in [0.3, 0.4) is 0 Å². The average Bonchev–Trinajstić information content (AvgIpc) is 2.69. The van der Waals surface area contributed by atoms with E-state index in [2.05, 4.69) is 37.6 Å². The second-order valence-corrected chi connectivity index (χ2v) is 5.99. The molecule has 0 amide bonds. The van der Waals surface area contributed by atoms with Gasteiger partial charge in [-0.1, -0.05) is 48.5 Å². The number of hydrogen-bond donors (Lipinski definition) is 1. The summed E-state index contributed by atoms with van der Waals surface area (Å²) in [6.45, 7) is 0.710. The summed E-state index contributed by atoms with van der Waals surface area (Å²) in [5.74, 6) is 1.19. The van der Waals surface area contributed by atoms with E-state index in [1.807, 2.05) is 60.5 Å². The van der Waals surface area contributed by atoms with E-state index in [4.69, 9.17) is 0 Å². The lowest BCUT2D eigenvalue weighted by Crippen LogP contribution is -2.20. The molecule has 128 valence electrons. The summed E-state index contributed by atoms with van der Waals surface area (Å²) in [7, 11) is 1.95. The molecule has 0 atom stereocenters. The lowest BCUT2D eigenvalue weighted by molar-refractivity contribution is 0.831. The zero-order valence-electron chi connectivity index (χ0n) is 14.4. The van der Waals surface area contributed by atoms with Gasteiger partial charge in [-0.3, -0.25) is 4.98 Å². The number of nitrogens with zero attached hydrogens (tertiary/aromatic N) is 5. The number of para-hydroxylation sites is 1. The fraction of sp³-hybridized carbons (Fsp3) is 0.100. The molecule has 2 aromatic carbocycles. The minimum Gasteiger partial charge on any atom is -0.338 e. The van der Waals surface area contributed by atoms with Gasteiger partial charge in [-0.05, 0) is 17.7 Å². The first-order valence-corrected chi connectivity index (χ1v) is 8.35. The second-order valence-electron chi connectivity index (χ2n) is 5.99. The maximum Gasteiger partial charge on any atom is 0.247 e. The number of fused-ring (bicyclic) bond motifs is 1. The molecule has 0 unspecified atom stereocenters. The summed E-state index contributed by atoms with van der Waals surface area (Å²) in [5, 5.41) is 12.6. The number of aromatic nitrogens is 4. The molecule has 0 saturated heterocycles. The van der Waals surface area contributed by atoms with Crippen LogP contribution in [-0.4, -0.2) is 27.2 Å². The van der Waals surface area contributed by atoms with Gasteiger partial charge in [-0.25, -0.2) is 0 Å². The normalized spacial score (nSPS) is 10.7. The van der Waals surface area contributed by atoms with Gasteiger partial charge < -0.3 is 10.2 Å². The van der Waals surface area contributed by atoms with Gasteiger partial charge in [0.25, 0.3) is 0 Å². The fourth-order valence-electron chi connectivity index (χ4n) is 2.79. The van der Waals surface area contributed by atoms with Crippen LogP contribution in [0, 0.1) is 0 Å². The number of anilines is 3.